The maximum Gasteiger partial charge on any atom is 0.228 e. The van der Waals surface area contributed by atoms with Crippen molar-refractivity contribution in [1.29, 1.82) is 0 Å². The van der Waals surface area contributed by atoms with Crippen molar-refractivity contribution in [1.82, 2.24) is 14.8 Å². The second-order valence-corrected chi connectivity index (χ2v) is 8.00. The topological polar surface area (TPSA) is 56.8 Å². The first-order valence-corrected chi connectivity index (χ1v) is 9.79. The Morgan fingerprint density at radius 2 is 2.12 bits per heavy atom. The minimum Gasteiger partial charge on any atom is -0.346 e. The lowest BCUT2D eigenvalue weighted by Gasteiger charge is -2.24. The highest BCUT2D eigenvalue weighted by atomic mass is 32.1. The standard InChI is InChI=1S/C17H24N4O2S/c22-15-10-14(12-21(15)11-13-2-3-13)16(23)19-5-1-6-20(8-7-19)17-18-4-9-24-17/h4,9,13-14H,1-3,5-8,10-12H2/t14-/m0/s1. The first-order chi connectivity index (χ1) is 11.7. The molecule has 2 saturated heterocycles. The molecule has 0 spiro atoms. The molecule has 0 unspecified atom stereocenters. The van der Waals surface area contributed by atoms with Crippen LogP contribution in [-0.4, -0.2) is 65.9 Å². The van der Waals surface area contributed by atoms with Crippen LogP contribution >= 0.6 is 11.3 Å². The van der Waals surface area contributed by atoms with Crippen LogP contribution in [0.5, 0.6) is 0 Å². The fourth-order valence-corrected chi connectivity index (χ4v) is 4.38. The predicted molar refractivity (Wildman–Crippen MR) is 92.9 cm³/mol. The zero-order valence-corrected chi connectivity index (χ0v) is 14.7. The van der Waals surface area contributed by atoms with Crippen molar-refractivity contribution in [3.05, 3.63) is 11.6 Å². The Kier molecular flexibility index (Phi) is 4.43. The minimum atomic E-state index is -0.136. The van der Waals surface area contributed by atoms with Gasteiger partial charge in [0.2, 0.25) is 11.8 Å². The summed E-state index contributed by atoms with van der Waals surface area (Å²) in [5, 5.41) is 3.03. The Morgan fingerprint density at radius 1 is 1.25 bits per heavy atom. The molecule has 0 radical (unpaired) electrons. The SMILES string of the molecule is O=C1C[C@H](C(=O)N2CCCN(c3nccs3)CC2)CN1CC1CC1. The Balaban J connectivity index is 1.33. The van der Waals surface area contributed by atoms with Crippen molar-refractivity contribution in [2.45, 2.75) is 25.7 Å². The van der Waals surface area contributed by atoms with E-state index in [1.54, 1.807) is 11.3 Å². The molecule has 0 N–H and O–H groups in total. The van der Waals surface area contributed by atoms with Crippen LogP contribution in [0.4, 0.5) is 5.13 Å². The van der Waals surface area contributed by atoms with Gasteiger partial charge in [0.15, 0.2) is 5.13 Å². The summed E-state index contributed by atoms with van der Waals surface area (Å²) in [5.41, 5.74) is 0. The van der Waals surface area contributed by atoms with Gasteiger partial charge >= 0.3 is 0 Å². The zero-order valence-electron chi connectivity index (χ0n) is 13.9. The number of hydrogen-bond acceptors (Lipinski definition) is 5. The van der Waals surface area contributed by atoms with E-state index < -0.39 is 0 Å². The number of carbonyl (C=O) groups is 2. The van der Waals surface area contributed by atoms with Crippen molar-refractivity contribution < 1.29 is 9.59 Å². The third kappa shape index (κ3) is 3.41. The maximum atomic E-state index is 12.9. The van der Waals surface area contributed by atoms with E-state index in [1.807, 2.05) is 21.4 Å². The predicted octanol–water partition coefficient (Wildman–Crippen LogP) is 1.44. The number of anilines is 1. The van der Waals surface area contributed by atoms with E-state index in [1.165, 1.54) is 12.8 Å². The average molecular weight is 348 g/mol. The molecule has 1 aromatic heterocycles. The molecule has 7 heteroatoms. The summed E-state index contributed by atoms with van der Waals surface area (Å²) in [6, 6.07) is 0. The lowest BCUT2D eigenvalue weighted by Crippen LogP contribution is -2.40. The van der Waals surface area contributed by atoms with Crippen LogP contribution in [0.25, 0.3) is 0 Å². The van der Waals surface area contributed by atoms with E-state index in [0.717, 1.165) is 44.3 Å². The molecular weight excluding hydrogens is 324 g/mol. The molecule has 6 nitrogen and oxygen atoms in total. The monoisotopic (exact) mass is 348 g/mol. The molecule has 2 aliphatic heterocycles. The first kappa shape index (κ1) is 15.9. The van der Waals surface area contributed by atoms with Crippen molar-refractivity contribution in [3.63, 3.8) is 0 Å². The van der Waals surface area contributed by atoms with Crippen LogP contribution in [-0.2, 0) is 9.59 Å². The van der Waals surface area contributed by atoms with Gasteiger partial charge in [0.05, 0.1) is 5.92 Å². The van der Waals surface area contributed by atoms with Gasteiger partial charge in [-0.05, 0) is 25.2 Å². The van der Waals surface area contributed by atoms with Gasteiger partial charge in [-0.1, -0.05) is 0 Å². The third-order valence-electron chi connectivity index (χ3n) is 5.24. The molecule has 4 rings (SSSR count). The quantitative estimate of drug-likeness (QED) is 0.826. The third-order valence-corrected chi connectivity index (χ3v) is 6.07. The number of aromatic nitrogens is 1. The summed E-state index contributed by atoms with van der Waals surface area (Å²) in [4.78, 5) is 35.5. The van der Waals surface area contributed by atoms with E-state index >= 15 is 0 Å². The fourth-order valence-electron chi connectivity index (χ4n) is 3.69. The molecule has 130 valence electrons. The first-order valence-electron chi connectivity index (χ1n) is 8.91. The molecule has 0 aromatic carbocycles. The molecule has 1 saturated carbocycles. The van der Waals surface area contributed by atoms with Crippen LogP contribution in [0, 0.1) is 11.8 Å². The Labute approximate surface area is 146 Å². The molecule has 1 atom stereocenters. The van der Waals surface area contributed by atoms with Gasteiger partial charge in [-0.25, -0.2) is 4.98 Å². The van der Waals surface area contributed by atoms with Crippen LogP contribution in [0.1, 0.15) is 25.7 Å². The lowest BCUT2D eigenvalue weighted by atomic mass is 10.1. The number of thiazole rings is 1. The van der Waals surface area contributed by atoms with Crippen molar-refractivity contribution >= 4 is 28.3 Å². The highest BCUT2D eigenvalue weighted by molar-refractivity contribution is 7.13. The molecule has 24 heavy (non-hydrogen) atoms. The Bertz CT molecular complexity index is 602. The molecule has 2 amide bonds. The highest BCUT2D eigenvalue weighted by Gasteiger charge is 2.38. The van der Waals surface area contributed by atoms with E-state index in [2.05, 4.69) is 9.88 Å². The highest BCUT2D eigenvalue weighted by Crippen LogP contribution is 2.32. The second kappa shape index (κ2) is 6.70. The van der Waals surface area contributed by atoms with Gasteiger partial charge in [-0.3, -0.25) is 9.59 Å². The second-order valence-electron chi connectivity index (χ2n) is 7.12. The summed E-state index contributed by atoms with van der Waals surface area (Å²) in [6.45, 7) is 4.77. The van der Waals surface area contributed by atoms with Gasteiger partial charge in [0.1, 0.15) is 0 Å². The fraction of sp³-hybridized carbons (Fsp3) is 0.706. The number of likely N-dealkylation sites (tertiary alicyclic amines) is 1. The van der Waals surface area contributed by atoms with Crippen molar-refractivity contribution in [3.8, 4) is 0 Å². The summed E-state index contributed by atoms with van der Waals surface area (Å²) in [5.74, 6) is 0.887. The number of hydrogen-bond donors (Lipinski definition) is 0. The van der Waals surface area contributed by atoms with E-state index in [0.29, 0.717) is 18.9 Å². The number of carbonyl (C=O) groups excluding carboxylic acids is 2. The molecule has 3 heterocycles. The molecule has 0 bridgehead atoms. The summed E-state index contributed by atoms with van der Waals surface area (Å²) < 4.78 is 0. The summed E-state index contributed by atoms with van der Waals surface area (Å²) in [6.07, 6.45) is 5.66. The maximum absolute atomic E-state index is 12.9. The zero-order chi connectivity index (χ0) is 16.5. The molecular formula is C17H24N4O2S. The summed E-state index contributed by atoms with van der Waals surface area (Å²) in [7, 11) is 0. The van der Waals surface area contributed by atoms with Crippen LogP contribution in [0.15, 0.2) is 11.6 Å². The van der Waals surface area contributed by atoms with Crippen molar-refractivity contribution in [2.75, 3.05) is 44.2 Å². The van der Waals surface area contributed by atoms with Crippen LogP contribution in [0.2, 0.25) is 0 Å². The van der Waals surface area contributed by atoms with Gasteiger partial charge < -0.3 is 14.7 Å². The van der Waals surface area contributed by atoms with Gasteiger partial charge in [0, 0.05) is 57.3 Å². The largest absolute Gasteiger partial charge is 0.346 e. The van der Waals surface area contributed by atoms with E-state index in [9.17, 15) is 9.59 Å². The lowest BCUT2D eigenvalue weighted by molar-refractivity contribution is -0.135. The number of amides is 2. The molecule has 3 fully saturated rings. The van der Waals surface area contributed by atoms with Crippen LogP contribution in [0.3, 0.4) is 0 Å². The number of rotatable bonds is 4. The molecule has 1 aliphatic carbocycles. The Hall–Kier alpha value is -1.63. The van der Waals surface area contributed by atoms with Crippen LogP contribution < -0.4 is 4.90 Å². The van der Waals surface area contributed by atoms with Crippen molar-refractivity contribution in [2.24, 2.45) is 11.8 Å². The molecule has 3 aliphatic rings. The normalized spacial score (nSPS) is 25.2. The Morgan fingerprint density at radius 3 is 2.88 bits per heavy atom. The van der Waals surface area contributed by atoms with E-state index in [4.69, 9.17) is 0 Å². The smallest absolute Gasteiger partial charge is 0.228 e. The minimum absolute atomic E-state index is 0.136. The molecule has 1 aromatic rings. The number of nitrogens with zero attached hydrogens (tertiary/aromatic N) is 4. The summed E-state index contributed by atoms with van der Waals surface area (Å²) >= 11 is 1.65. The average Bonchev–Trinajstić information content (AvgIpc) is 3.18. The van der Waals surface area contributed by atoms with Gasteiger partial charge in [0.25, 0.3) is 0 Å². The van der Waals surface area contributed by atoms with Gasteiger partial charge in [-0.15, -0.1) is 11.3 Å². The van der Waals surface area contributed by atoms with Gasteiger partial charge in [-0.2, -0.15) is 0 Å². The van der Waals surface area contributed by atoms with E-state index in [-0.39, 0.29) is 17.7 Å².